The van der Waals surface area contributed by atoms with Gasteiger partial charge in [-0.2, -0.15) is 0 Å². The molecule has 1 saturated carbocycles. The summed E-state index contributed by atoms with van der Waals surface area (Å²) >= 11 is 0. The SMILES string of the molecule is CC1CCN(C(=O)c2cccc(NC(=O)C3CC3C)c2)CC1O. The van der Waals surface area contributed by atoms with Crippen molar-refractivity contribution in [2.24, 2.45) is 17.8 Å². The van der Waals surface area contributed by atoms with E-state index in [9.17, 15) is 14.7 Å². The Morgan fingerprint density at radius 2 is 2.00 bits per heavy atom. The third-order valence-electron chi connectivity index (χ3n) is 5.03. The number of carbonyl (C=O) groups excluding carboxylic acids is 2. The molecule has 2 amide bonds. The van der Waals surface area contributed by atoms with E-state index in [-0.39, 0.29) is 23.7 Å². The van der Waals surface area contributed by atoms with Crippen LogP contribution in [-0.4, -0.2) is 41.0 Å². The number of carbonyl (C=O) groups is 2. The van der Waals surface area contributed by atoms with E-state index in [0.29, 0.717) is 30.3 Å². The van der Waals surface area contributed by atoms with E-state index in [4.69, 9.17) is 0 Å². The van der Waals surface area contributed by atoms with Crippen molar-refractivity contribution in [3.05, 3.63) is 29.8 Å². The van der Waals surface area contributed by atoms with Crippen molar-refractivity contribution in [3.8, 4) is 0 Å². The summed E-state index contributed by atoms with van der Waals surface area (Å²) < 4.78 is 0. The van der Waals surface area contributed by atoms with Gasteiger partial charge in [0.1, 0.15) is 0 Å². The Labute approximate surface area is 136 Å². The van der Waals surface area contributed by atoms with E-state index in [0.717, 1.165) is 12.8 Å². The summed E-state index contributed by atoms with van der Waals surface area (Å²) in [6, 6.07) is 7.05. The topological polar surface area (TPSA) is 69.6 Å². The van der Waals surface area contributed by atoms with Gasteiger partial charge in [-0.1, -0.05) is 19.9 Å². The minimum absolute atomic E-state index is 0.0318. The number of amides is 2. The van der Waals surface area contributed by atoms with E-state index in [1.807, 2.05) is 6.92 Å². The molecular formula is C18H24N2O3. The number of likely N-dealkylation sites (tertiary alicyclic amines) is 1. The number of anilines is 1. The van der Waals surface area contributed by atoms with Gasteiger partial charge in [0.25, 0.3) is 5.91 Å². The van der Waals surface area contributed by atoms with E-state index in [1.165, 1.54) is 0 Å². The maximum atomic E-state index is 12.6. The van der Waals surface area contributed by atoms with Crippen LogP contribution in [0.2, 0.25) is 0 Å². The summed E-state index contributed by atoms with van der Waals surface area (Å²) in [5.41, 5.74) is 1.21. The molecule has 124 valence electrons. The molecule has 3 rings (SSSR count). The van der Waals surface area contributed by atoms with Crippen LogP contribution >= 0.6 is 0 Å². The van der Waals surface area contributed by atoms with Gasteiger partial charge in [-0.3, -0.25) is 9.59 Å². The first-order chi connectivity index (χ1) is 11.0. The highest BCUT2D eigenvalue weighted by molar-refractivity contribution is 5.98. The first kappa shape index (κ1) is 16.0. The molecule has 23 heavy (non-hydrogen) atoms. The molecule has 1 aliphatic carbocycles. The third-order valence-corrected chi connectivity index (χ3v) is 5.03. The maximum absolute atomic E-state index is 12.6. The Hall–Kier alpha value is -1.88. The van der Waals surface area contributed by atoms with Crippen molar-refractivity contribution < 1.29 is 14.7 Å². The van der Waals surface area contributed by atoms with E-state index in [1.54, 1.807) is 29.2 Å². The lowest BCUT2D eigenvalue weighted by Gasteiger charge is -2.34. The highest BCUT2D eigenvalue weighted by Gasteiger charge is 2.39. The van der Waals surface area contributed by atoms with Crippen LogP contribution in [0.25, 0.3) is 0 Å². The molecule has 5 heteroatoms. The van der Waals surface area contributed by atoms with E-state index in [2.05, 4.69) is 12.2 Å². The van der Waals surface area contributed by atoms with Crippen LogP contribution in [0.3, 0.4) is 0 Å². The van der Waals surface area contributed by atoms with Gasteiger partial charge < -0.3 is 15.3 Å². The smallest absolute Gasteiger partial charge is 0.254 e. The van der Waals surface area contributed by atoms with Gasteiger partial charge in [0.2, 0.25) is 5.91 Å². The highest BCUT2D eigenvalue weighted by Crippen LogP contribution is 2.38. The Balaban J connectivity index is 1.67. The van der Waals surface area contributed by atoms with Gasteiger partial charge in [0.15, 0.2) is 0 Å². The fourth-order valence-corrected chi connectivity index (χ4v) is 3.07. The molecule has 2 aliphatic rings. The van der Waals surface area contributed by atoms with Gasteiger partial charge in [0, 0.05) is 30.3 Å². The Morgan fingerprint density at radius 1 is 1.26 bits per heavy atom. The number of nitrogens with zero attached hydrogens (tertiary/aromatic N) is 1. The number of hydrogen-bond acceptors (Lipinski definition) is 3. The van der Waals surface area contributed by atoms with Crippen molar-refractivity contribution in [1.29, 1.82) is 0 Å². The number of aliphatic hydroxyl groups is 1. The van der Waals surface area contributed by atoms with Crippen molar-refractivity contribution in [2.45, 2.75) is 32.8 Å². The second-order valence-electron chi connectivity index (χ2n) is 6.97. The number of piperidine rings is 1. The van der Waals surface area contributed by atoms with Crippen LogP contribution in [0.15, 0.2) is 24.3 Å². The third kappa shape index (κ3) is 3.55. The van der Waals surface area contributed by atoms with Gasteiger partial charge in [0.05, 0.1) is 6.10 Å². The van der Waals surface area contributed by atoms with Crippen LogP contribution in [-0.2, 0) is 4.79 Å². The first-order valence-corrected chi connectivity index (χ1v) is 8.34. The van der Waals surface area contributed by atoms with Gasteiger partial charge in [-0.15, -0.1) is 0 Å². The second-order valence-corrected chi connectivity index (χ2v) is 6.97. The van der Waals surface area contributed by atoms with Crippen LogP contribution in [0.5, 0.6) is 0 Å². The molecule has 0 spiro atoms. The van der Waals surface area contributed by atoms with Crippen LogP contribution in [0, 0.1) is 17.8 Å². The molecule has 1 aliphatic heterocycles. The zero-order chi connectivity index (χ0) is 16.6. The number of rotatable bonds is 3. The minimum Gasteiger partial charge on any atom is -0.391 e. The number of benzene rings is 1. The largest absolute Gasteiger partial charge is 0.391 e. The molecule has 0 bridgehead atoms. The number of nitrogens with one attached hydrogen (secondary N) is 1. The van der Waals surface area contributed by atoms with Gasteiger partial charge in [-0.25, -0.2) is 0 Å². The monoisotopic (exact) mass is 316 g/mol. The average Bonchev–Trinajstić information content (AvgIpc) is 3.27. The standard InChI is InChI=1S/C18H24N2O3/c1-11-6-7-20(10-16(11)21)18(23)13-4-3-5-14(9-13)19-17(22)15-8-12(15)2/h3-5,9,11-12,15-16,21H,6-8,10H2,1-2H3,(H,19,22). The summed E-state index contributed by atoms with van der Waals surface area (Å²) in [6.45, 7) is 5.10. The molecule has 4 atom stereocenters. The predicted octanol–water partition coefficient (Wildman–Crippen LogP) is 2.12. The average molecular weight is 316 g/mol. The quantitative estimate of drug-likeness (QED) is 0.897. The normalized spacial score (nSPS) is 30.0. The Kier molecular flexibility index (Phi) is 4.39. The molecule has 1 aromatic rings. The lowest BCUT2D eigenvalue weighted by atomic mass is 9.95. The molecule has 5 nitrogen and oxygen atoms in total. The lowest BCUT2D eigenvalue weighted by molar-refractivity contribution is -0.117. The van der Waals surface area contributed by atoms with Crippen LogP contribution < -0.4 is 5.32 Å². The predicted molar refractivity (Wildman–Crippen MR) is 88.0 cm³/mol. The Morgan fingerprint density at radius 3 is 2.65 bits per heavy atom. The molecule has 4 unspecified atom stereocenters. The fraction of sp³-hybridized carbons (Fsp3) is 0.556. The summed E-state index contributed by atoms with van der Waals surface area (Å²) in [5.74, 6) is 0.728. The van der Waals surface area contributed by atoms with Crippen molar-refractivity contribution in [1.82, 2.24) is 4.90 Å². The molecule has 0 radical (unpaired) electrons. The first-order valence-electron chi connectivity index (χ1n) is 8.34. The maximum Gasteiger partial charge on any atom is 0.254 e. The second kappa shape index (κ2) is 6.32. The number of β-amino-alcohol motifs (C(OH)–C–C–N with tert-alkyl or cyclic N) is 1. The zero-order valence-corrected chi connectivity index (χ0v) is 13.7. The number of hydrogen-bond donors (Lipinski definition) is 2. The zero-order valence-electron chi connectivity index (χ0n) is 13.7. The van der Waals surface area contributed by atoms with Gasteiger partial charge >= 0.3 is 0 Å². The highest BCUT2D eigenvalue weighted by atomic mass is 16.3. The van der Waals surface area contributed by atoms with Gasteiger partial charge in [-0.05, 0) is 42.9 Å². The molecule has 2 N–H and O–H groups in total. The van der Waals surface area contributed by atoms with Crippen molar-refractivity contribution in [2.75, 3.05) is 18.4 Å². The molecule has 1 aromatic carbocycles. The van der Waals surface area contributed by atoms with Crippen molar-refractivity contribution in [3.63, 3.8) is 0 Å². The summed E-state index contributed by atoms with van der Waals surface area (Å²) in [7, 11) is 0. The summed E-state index contributed by atoms with van der Waals surface area (Å²) in [6.07, 6.45) is 1.28. The van der Waals surface area contributed by atoms with Crippen molar-refractivity contribution >= 4 is 17.5 Å². The molecule has 0 aromatic heterocycles. The summed E-state index contributed by atoms with van der Waals surface area (Å²) in [4.78, 5) is 26.3. The van der Waals surface area contributed by atoms with E-state index >= 15 is 0 Å². The summed E-state index contributed by atoms with van der Waals surface area (Å²) in [5, 5.41) is 12.8. The lowest BCUT2D eigenvalue weighted by Crippen LogP contribution is -2.45. The molecule has 1 heterocycles. The number of aliphatic hydroxyl groups excluding tert-OH is 1. The molecule has 1 saturated heterocycles. The van der Waals surface area contributed by atoms with Crippen LogP contribution in [0.4, 0.5) is 5.69 Å². The van der Waals surface area contributed by atoms with E-state index < -0.39 is 6.10 Å². The fourth-order valence-electron chi connectivity index (χ4n) is 3.07. The molecular weight excluding hydrogens is 292 g/mol. The molecule has 2 fully saturated rings. The Bertz CT molecular complexity index is 616. The minimum atomic E-state index is -0.466. The van der Waals surface area contributed by atoms with Crippen LogP contribution in [0.1, 0.15) is 37.0 Å².